The third-order valence-corrected chi connectivity index (χ3v) is 9.56. The van der Waals surface area contributed by atoms with Crippen molar-refractivity contribution in [1.29, 1.82) is 0 Å². The standard InChI is InChI=1S/C27H34N2O3S/c1-3-32-21-14-12-19(13-15-21)27-24-11-7-10-23(24)25-18-22(16-17-26(25)28-27)33(30,31)29(2)20-8-5-4-6-9-20/h7,10,12-18,20,23-24,27-28H,3-6,8-9,11H2,1-2H3. The minimum absolute atomic E-state index is 0.112. The molecule has 2 aliphatic carbocycles. The van der Waals surface area contributed by atoms with Gasteiger partial charge in [-0.05, 0) is 73.6 Å². The lowest BCUT2D eigenvalue weighted by molar-refractivity contribution is 0.286. The average molecular weight is 467 g/mol. The predicted octanol–water partition coefficient (Wildman–Crippen LogP) is 5.87. The van der Waals surface area contributed by atoms with Crippen molar-refractivity contribution in [2.45, 2.75) is 68.3 Å². The van der Waals surface area contributed by atoms with E-state index in [0.717, 1.165) is 49.1 Å². The largest absolute Gasteiger partial charge is 0.494 e. The number of allylic oxidation sites excluding steroid dienone is 2. The van der Waals surface area contributed by atoms with Crippen LogP contribution >= 0.6 is 0 Å². The molecule has 6 heteroatoms. The van der Waals surface area contributed by atoms with Gasteiger partial charge in [-0.1, -0.05) is 43.5 Å². The normalized spacial score (nSPS) is 24.9. The Morgan fingerprint density at radius 2 is 1.82 bits per heavy atom. The van der Waals surface area contributed by atoms with Crippen LogP contribution < -0.4 is 10.1 Å². The van der Waals surface area contributed by atoms with Crippen LogP contribution in [0.5, 0.6) is 5.75 Å². The first-order chi connectivity index (χ1) is 16.0. The van der Waals surface area contributed by atoms with E-state index in [9.17, 15) is 8.42 Å². The van der Waals surface area contributed by atoms with Crippen molar-refractivity contribution in [3.8, 4) is 5.75 Å². The maximum absolute atomic E-state index is 13.5. The Morgan fingerprint density at radius 1 is 1.06 bits per heavy atom. The molecule has 0 aromatic heterocycles. The van der Waals surface area contributed by atoms with Crippen molar-refractivity contribution in [3.63, 3.8) is 0 Å². The van der Waals surface area contributed by atoms with Crippen molar-refractivity contribution in [1.82, 2.24) is 4.31 Å². The van der Waals surface area contributed by atoms with Gasteiger partial charge in [0.1, 0.15) is 5.75 Å². The number of anilines is 1. The van der Waals surface area contributed by atoms with Gasteiger partial charge in [-0.2, -0.15) is 4.31 Å². The quantitative estimate of drug-likeness (QED) is 0.541. The number of nitrogens with one attached hydrogen (secondary N) is 1. The zero-order valence-electron chi connectivity index (χ0n) is 19.5. The summed E-state index contributed by atoms with van der Waals surface area (Å²) >= 11 is 0. The number of hydrogen-bond donors (Lipinski definition) is 1. The van der Waals surface area contributed by atoms with Crippen LogP contribution in [-0.4, -0.2) is 32.4 Å². The fourth-order valence-corrected chi connectivity index (χ4v) is 7.26. The van der Waals surface area contributed by atoms with E-state index in [2.05, 4.69) is 29.6 Å². The minimum Gasteiger partial charge on any atom is -0.494 e. The van der Waals surface area contributed by atoms with Gasteiger partial charge in [0.15, 0.2) is 0 Å². The predicted molar refractivity (Wildman–Crippen MR) is 132 cm³/mol. The highest BCUT2D eigenvalue weighted by molar-refractivity contribution is 7.89. The number of benzene rings is 2. The fraction of sp³-hybridized carbons (Fsp3) is 0.481. The molecule has 33 heavy (non-hydrogen) atoms. The number of ether oxygens (including phenoxy) is 1. The van der Waals surface area contributed by atoms with Crippen molar-refractivity contribution in [2.24, 2.45) is 5.92 Å². The van der Waals surface area contributed by atoms with Gasteiger partial charge in [0.05, 0.1) is 17.5 Å². The van der Waals surface area contributed by atoms with Gasteiger partial charge in [0.2, 0.25) is 10.0 Å². The number of rotatable bonds is 6. The van der Waals surface area contributed by atoms with E-state index in [1.807, 2.05) is 31.2 Å². The summed E-state index contributed by atoms with van der Waals surface area (Å²) in [4.78, 5) is 0.412. The topological polar surface area (TPSA) is 58.6 Å². The number of hydrogen-bond acceptors (Lipinski definition) is 4. The van der Waals surface area contributed by atoms with Gasteiger partial charge < -0.3 is 10.1 Å². The molecule has 1 fully saturated rings. The Labute approximate surface area is 197 Å². The lowest BCUT2D eigenvalue weighted by atomic mass is 9.77. The Kier molecular flexibility index (Phi) is 6.23. The first-order valence-electron chi connectivity index (χ1n) is 12.3. The Morgan fingerprint density at radius 3 is 2.55 bits per heavy atom. The Bertz CT molecular complexity index is 1120. The molecule has 1 N–H and O–H groups in total. The summed E-state index contributed by atoms with van der Waals surface area (Å²) in [5.74, 6) is 1.47. The third kappa shape index (κ3) is 4.19. The first kappa shape index (κ1) is 22.5. The highest BCUT2D eigenvalue weighted by Crippen LogP contribution is 2.50. The van der Waals surface area contributed by atoms with Crippen LogP contribution in [0.2, 0.25) is 0 Å². The van der Waals surface area contributed by atoms with Crippen molar-refractivity contribution >= 4 is 15.7 Å². The highest BCUT2D eigenvalue weighted by atomic mass is 32.2. The molecule has 0 spiro atoms. The maximum atomic E-state index is 13.5. The molecule has 0 bridgehead atoms. The summed E-state index contributed by atoms with van der Waals surface area (Å²) in [6.45, 7) is 2.65. The summed E-state index contributed by atoms with van der Waals surface area (Å²) in [5, 5.41) is 3.72. The molecule has 0 radical (unpaired) electrons. The van der Waals surface area contributed by atoms with Crippen molar-refractivity contribution in [3.05, 3.63) is 65.7 Å². The summed E-state index contributed by atoms with van der Waals surface area (Å²) in [7, 11) is -1.76. The zero-order chi connectivity index (χ0) is 23.0. The van der Waals surface area contributed by atoms with Crippen LogP contribution in [-0.2, 0) is 10.0 Å². The maximum Gasteiger partial charge on any atom is 0.243 e. The Hall–Kier alpha value is -2.31. The van der Waals surface area contributed by atoms with E-state index in [1.54, 1.807) is 17.4 Å². The number of sulfonamides is 1. The van der Waals surface area contributed by atoms with E-state index in [4.69, 9.17) is 4.74 Å². The second-order valence-corrected chi connectivity index (χ2v) is 11.5. The van der Waals surface area contributed by atoms with Crippen LogP contribution in [0.25, 0.3) is 0 Å². The molecular formula is C27H34N2O3S. The van der Waals surface area contributed by atoms with Crippen LogP contribution in [0.4, 0.5) is 5.69 Å². The molecule has 1 aliphatic heterocycles. The Balaban J connectivity index is 1.44. The summed E-state index contributed by atoms with van der Waals surface area (Å²) in [6.07, 6.45) is 10.8. The molecule has 0 amide bonds. The zero-order valence-corrected chi connectivity index (χ0v) is 20.4. The monoisotopic (exact) mass is 466 g/mol. The molecule has 3 aliphatic rings. The third-order valence-electron chi connectivity index (χ3n) is 7.65. The molecule has 1 heterocycles. The number of nitrogens with zero attached hydrogens (tertiary/aromatic N) is 1. The molecule has 176 valence electrons. The fourth-order valence-electron chi connectivity index (χ4n) is 5.81. The molecule has 0 saturated heterocycles. The van der Waals surface area contributed by atoms with Crippen molar-refractivity contribution < 1.29 is 13.2 Å². The summed E-state index contributed by atoms with van der Waals surface area (Å²) in [5.41, 5.74) is 3.35. The summed E-state index contributed by atoms with van der Waals surface area (Å²) < 4.78 is 34.1. The minimum atomic E-state index is -3.51. The molecule has 3 atom stereocenters. The van der Waals surface area contributed by atoms with Gasteiger partial charge in [-0.3, -0.25) is 0 Å². The molecule has 5 rings (SSSR count). The van der Waals surface area contributed by atoms with E-state index in [0.29, 0.717) is 17.4 Å². The smallest absolute Gasteiger partial charge is 0.243 e. The second-order valence-electron chi connectivity index (χ2n) is 9.54. The van der Waals surface area contributed by atoms with Crippen LogP contribution in [0.15, 0.2) is 59.5 Å². The van der Waals surface area contributed by atoms with E-state index >= 15 is 0 Å². The van der Waals surface area contributed by atoms with Gasteiger partial charge in [0, 0.05) is 24.7 Å². The number of fused-ring (bicyclic) bond motifs is 3. The first-order valence-corrected chi connectivity index (χ1v) is 13.7. The molecule has 2 aromatic carbocycles. The molecule has 3 unspecified atom stereocenters. The van der Waals surface area contributed by atoms with Crippen molar-refractivity contribution in [2.75, 3.05) is 19.0 Å². The highest BCUT2D eigenvalue weighted by Gasteiger charge is 2.39. The average Bonchev–Trinajstić information content (AvgIpc) is 3.34. The molecule has 2 aromatic rings. The van der Waals surface area contributed by atoms with Gasteiger partial charge >= 0.3 is 0 Å². The lowest BCUT2D eigenvalue weighted by Gasteiger charge is -2.38. The van der Waals surface area contributed by atoms with E-state index in [-0.39, 0.29) is 18.0 Å². The lowest BCUT2D eigenvalue weighted by Crippen LogP contribution is -2.38. The van der Waals surface area contributed by atoms with Crippen LogP contribution in [0.1, 0.15) is 68.5 Å². The van der Waals surface area contributed by atoms with Crippen LogP contribution in [0, 0.1) is 5.92 Å². The summed E-state index contributed by atoms with van der Waals surface area (Å²) in [6, 6.07) is 14.3. The molecule has 5 nitrogen and oxygen atoms in total. The van der Waals surface area contributed by atoms with Gasteiger partial charge in [0.25, 0.3) is 0 Å². The van der Waals surface area contributed by atoms with Gasteiger partial charge in [-0.15, -0.1) is 0 Å². The second kappa shape index (κ2) is 9.15. The SMILES string of the molecule is CCOc1ccc(C2Nc3ccc(S(=O)(=O)N(C)C4CCCCC4)cc3C3C=CCC32)cc1. The van der Waals surface area contributed by atoms with Gasteiger partial charge in [-0.25, -0.2) is 8.42 Å². The molecule has 1 saturated carbocycles. The van der Waals surface area contributed by atoms with E-state index in [1.165, 1.54) is 12.0 Å². The van der Waals surface area contributed by atoms with E-state index < -0.39 is 10.0 Å². The van der Waals surface area contributed by atoms with Crippen LogP contribution in [0.3, 0.4) is 0 Å². The molecular weight excluding hydrogens is 432 g/mol.